The molecule has 7 nitrogen and oxygen atoms in total. The Bertz CT molecular complexity index is 702. The SMILES string of the molecule is CC(C)(C)OC(=O)Nc1cc(-c2ccccc2)n(CC(=O)O)n1. The Morgan fingerprint density at radius 3 is 2.48 bits per heavy atom. The van der Waals surface area contributed by atoms with Crippen LogP contribution in [0.1, 0.15) is 20.8 Å². The first-order valence-electron chi connectivity index (χ1n) is 7.10. The van der Waals surface area contributed by atoms with E-state index in [-0.39, 0.29) is 12.4 Å². The van der Waals surface area contributed by atoms with Gasteiger partial charge in [0, 0.05) is 6.07 Å². The van der Waals surface area contributed by atoms with Crippen molar-refractivity contribution in [3.05, 3.63) is 36.4 Å². The third kappa shape index (κ3) is 4.84. The number of anilines is 1. The summed E-state index contributed by atoms with van der Waals surface area (Å²) in [4.78, 5) is 22.8. The van der Waals surface area contributed by atoms with E-state index in [1.165, 1.54) is 4.68 Å². The van der Waals surface area contributed by atoms with Crippen LogP contribution in [-0.4, -0.2) is 32.6 Å². The van der Waals surface area contributed by atoms with Crippen molar-refractivity contribution in [2.24, 2.45) is 0 Å². The normalized spacial score (nSPS) is 11.1. The van der Waals surface area contributed by atoms with Gasteiger partial charge in [-0.2, -0.15) is 5.10 Å². The quantitative estimate of drug-likeness (QED) is 0.904. The summed E-state index contributed by atoms with van der Waals surface area (Å²) in [5, 5.41) is 15.6. The highest BCUT2D eigenvalue weighted by Crippen LogP contribution is 2.23. The predicted octanol–water partition coefficient (Wildman–Crippen LogP) is 2.98. The van der Waals surface area contributed by atoms with E-state index in [1.54, 1.807) is 26.8 Å². The Labute approximate surface area is 133 Å². The van der Waals surface area contributed by atoms with Crippen LogP contribution in [0.3, 0.4) is 0 Å². The fourth-order valence-electron chi connectivity index (χ4n) is 1.98. The molecule has 7 heteroatoms. The van der Waals surface area contributed by atoms with E-state index in [0.29, 0.717) is 5.69 Å². The number of carbonyl (C=O) groups is 2. The van der Waals surface area contributed by atoms with Gasteiger partial charge in [0.25, 0.3) is 0 Å². The number of carboxylic acid groups (broad SMARTS) is 1. The monoisotopic (exact) mass is 317 g/mol. The molecule has 0 spiro atoms. The highest BCUT2D eigenvalue weighted by atomic mass is 16.6. The van der Waals surface area contributed by atoms with Crippen molar-refractivity contribution >= 4 is 17.9 Å². The first-order chi connectivity index (χ1) is 10.7. The average Bonchev–Trinajstić information content (AvgIpc) is 2.79. The Hall–Kier alpha value is -2.83. The molecular weight excluding hydrogens is 298 g/mol. The molecule has 122 valence electrons. The summed E-state index contributed by atoms with van der Waals surface area (Å²) in [6, 6.07) is 10.8. The van der Waals surface area contributed by atoms with Crippen LogP contribution < -0.4 is 5.32 Å². The zero-order valence-electron chi connectivity index (χ0n) is 13.2. The fourth-order valence-corrected chi connectivity index (χ4v) is 1.98. The Kier molecular flexibility index (Phi) is 4.68. The van der Waals surface area contributed by atoms with E-state index < -0.39 is 17.7 Å². The lowest BCUT2D eigenvalue weighted by Gasteiger charge is -2.18. The number of amides is 1. The number of nitrogens with one attached hydrogen (secondary N) is 1. The summed E-state index contributed by atoms with van der Waals surface area (Å²) >= 11 is 0. The summed E-state index contributed by atoms with van der Waals surface area (Å²) in [5.74, 6) is -0.784. The van der Waals surface area contributed by atoms with Gasteiger partial charge in [0.2, 0.25) is 0 Å². The zero-order valence-corrected chi connectivity index (χ0v) is 13.2. The van der Waals surface area contributed by atoms with Crippen LogP contribution in [0.2, 0.25) is 0 Å². The van der Waals surface area contributed by atoms with Gasteiger partial charge in [-0.05, 0) is 26.3 Å². The topological polar surface area (TPSA) is 93.5 Å². The van der Waals surface area contributed by atoms with Gasteiger partial charge in [0.05, 0.1) is 5.69 Å². The van der Waals surface area contributed by atoms with Crippen molar-refractivity contribution in [3.8, 4) is 11.3 Å². The molecule has 0 bridgehead atoms. The standard InChI is InChI=1S/C16H19N3O4/c1-16(2,3)23-15(22)17-13-9-12(11-7-5-4-6-8-11)19(18-13)10-14(20)21/h4-9H,10H2,1-3H3,(H,20,21)(H,17,18,22). The van der Waals surface area contributed by atoms with Crippen LogP contribution in [-0.2, 0) is 16.1 Å². The Morgan fingerprint density at radius 2 is 1.91 bits per heavy atom. The largest absolute Gasteiger partial charge is 0.480 e. The molecule has 0 fully saturated rings. The number of carbonyl (C=O) groups excluding carboxylic acids is 1. The molecule has 2 rings (SSSR count). The van der Waals surface area contributed by atoms with Gasteiger partial charge in [-0.25, -0.2) is 4.79 Å². The molecule has 0 radical (unpaired) electrons. The molecule has 1 aromatic carbocycles. The van der Waals surface area contributed by atoms with Crippen LogP contribution in [0, 0.1) is 0 Å². The molecule has 23 heavy (non-hydrogen) atoms. The lowest BCUT2D eigenvalue weighted by molar-refractivity contribution is -0.137. The van der Waals surface area contributed by atoms with E-state index in [9.17, 15) is 9.59 Å². The maximum atomic E-state index is 11.8. The number of hydrogen-bond acceptors (Lipinski definition) is 4. The molecule has 0 aliphatic rings. The second-order valence-electron chi connectivity index (χ2n) is 5.96. The minimum Gasteiger partial charge on any atom is -0.480 e. The number of rotatable bonds is 4. The van der Waals surface area contributed by atoms with Gasteiger partial charge >= 0.3 is 12.1 Å². The van der Waals surface area contributed by atoms with Gasteiger partial charge in [-0.15, -0.1) is 0 Å². The third-order valence-electron chi connectivity index (χ3n) is 2.76. The van der Waals surface area contributed by atoms with Gasteiger partial charge in [0.15, 0.2) is 5.82 Å². The fraction of sp³-hybridized carbons (Fsp3) is 0.312. The first-order valence-corrected chi connectivity index (χ1v) is 7.10. The Balaban J connectivity index is 2.27. The molecule has 0 aliphatic carbocycles. The van der Waals surface area contributed by atoms with E-state index >= 15 is 0 Å². The summed E-state index contributed by atoms with van der Waals surface area (Å²) in [5.41, 5.74) is 0.772. The van der Waals surface area contributed by atoms with E-state index in [2.05, 4.69) is 10.4 Å². The van der Waals surface area contributed by atoms with Crippen molar-refractivity contribution in [3.63, 3.8) is 0 Å². The van der Waals surface area contributed by atoms with Crippen LogP contribution in [0.4, 0.5) is 10.6 Å². The highest BCUT2D eigenvalue weighted by molar-refractivity contribution is 5.84. The predicted molar refractivity (Wildman–Crippen MR) is 85.2 cm³/mol. The lowest BCUT2D eigenvalue weighted by atomic mass is 10.1. The second kappa shape index (κ2) is 6.51. The van der Waals surface area contributed by atoms with Crippen LogP contribution >= 0.6 is 0 Å². The summed E-state index contributed by atoms with van der Waals surface area (Å²) < 4.78 is 6.49. The first kappa shape index (κ1) is 16.5. The molecule has 2 N–H and O–H groups in total. The smallest absolute Gasteiger partial charge is 0.413 e. The minimum atomic E-state index is -1.02. The van der Waals surface area contributed by atoms with Crippen molar-refractivity contribution < 1.29 is 19.4 Å². The Morgan fingerprint density at radius 1 is 1.26 bits per heavy atom. The van der Waals surface area contributed by atoms with Crippen LogP contribution in [0.15, 0.2) is 36.4 Å². The van der Waals surface area contributed by atoms with Gasteiger partial charge < -0.3 is 9.84 Å². The van der Waals surface area contributed by atoms with Gasteiger partial charge in [-0.3, -0.25) is 14.8 Å². The molecule has 2 aromatic rings. The maximum absolute atomic E-state index is 11.8. The number of ether oxygens (including phenoxy) is 1. The number of aliphatic carboxylic acids is 1. The van der Waals surface area contributed by atoms with Crippen molar-refractivity contribution in [2.75, 3.05) is 5.32 Å². The third-order valence-corrected chi connectivity index (χ3v) is 2.76. The number of carboxylic acids is 1. The van der Waals surface area contributed by atoms with Gasteiger partial charge in [0.1, 0.15) is 12.1 Å². The molecule has 1 aromatic heterocycles. The second-order valence-corrected chi connectivity index (χ2v) is 5.96. The molecular formula is C16H19N3O4. The number of benzene rings is 1. The number of hydrogen-bond donors (Lipinski definition) is 2. The number of aromatic nitrogens is 2. The van der Waals surface area contributed by atoms with Gasteiger partial charge in [-0.1, -0.05) is 30.3 Å². The van der Waals surface area contributed by atoms with E-state index in [1.807, 2.05) is 30.3 Å². The summed E-state index contributed by atoms with van der Waals surface area (Å²) in [6.45, 7) is 4.96. The van der Waals surface area contributed by atoms with Crippen LogP contribution in [0.25, 0.3) is 11.3 Å². The number of nitrogens with zero attached hydrogens (tertiary/aromatic N) is 2. The van der Waals surface area contributed by atoms with E-state index in [0.717, 1.165) is 5.56 Å². The highest BCUT2D eigenvalue weighted by Gasteiger charge is 2.19. The molecule has 0 atom stereocenters. The molecule has 0 aliphatic heterocycles. The van der Waals surface area contributed by atoms with Crippen molar-refractivity contribution in [1.29, 1.82) is 0 Å². The molecule has 1 heterocycles. The molecule has 0 saturated carbocycles. The molecule has 0 unspecified atom stereocenters. The van der Waals surface area contributed by atoms with E-state index in [4.69, 9.17) is 9.84 Å². The summed E-state index contributed by atoms with van der Waals surface area (Å²) in [7, 11) is 0. The average molecular weight is 317 g/mol. The summed E-state index contributed by atoms with van der Waals surface area (Å²) in [6.07, 6.45) is -0.642. The van der Waals surface area contributed by atoms with Crippen molar-refractivity contribution in [2.45, 2.75) is 32.9 Å². The van der Waals surface area contributed by atoms with Crippen LogP contribution in [0.5, 0.6) is 0 Å². The van der Waals surface area contributed by atoms with Crippen molar-refractivity contribution in [1.82, 2.24) is 9.78 Å². The molecule has 0 saturated heterocycles. The molecule has 1 amide bonds. The zero-order chi connectivity index (χ0) is 17.0. The maximum Gasteiger partial charge on any atom is 0.413 e. The lowest BCUT2D eigenvalue weighted by Crippen LogP contribution is -2.27. The minimum absolute atomic E-state index is 0.236.